The van der Waals surface area contributed by atoms with Crippen molar-refractivity contribution in [3.05, 3.63) is 0 Å². The van der Waals surface area contributed by atoms with Crippen LogP contribution in [0.5, 0.6) is 0 Å². The maximum absolute atomic E-state index is 10.1. The molecule has 0 saturated carbocycles. The van der Waals surface area contributed by atoms with Gasteiger partial charge in [-0.25, -0.2) is 0 Å². The van der Waals surface area contributed by atoms with Crippen molar-refractivity contribution >= 4 is 0 Å². The predicted octanol–water partition coefficient (Wildman–Crippen LogP) is 6.14. The van der Waals surface area contributed by atoms with Crippen molar-refractivity contribution in [2.24, 2.45) is 22.6 Å². The molecule has 0 aromatic rings. The number of ether oxygens (including phenoxy) is 7. The lowest BCUT2D eigenvalue weighted by molar-refractivity contribution is -0.211. The zero-order valence-electron chi connectivity index (χ0n) is 35.8. The van der Waals surface area contributed by atoms with Gasteiger partial charge in [-0.2, -0.15) is 0 Å². The van der Waals surface area contributed by atoms with Crippen LogP contribution in [0.15, 0.2) is 0 Å². The molecule has 0 aliphatic rings. The van der Waals surface area contributed by atoms with Gasteiger partial charge in [-0.05, 0) is 162 Å². The average molecular weight is 736 g/mol. The summed E-state index contributed by atoms with van der Waals surface area (Å²) in [5, 5.41) is 10.1. The first kappa shape index (κ1) is 50.6. The van der Waals surface area contributed by atoms with Crippen molar-refractivity contribution in [1.82, 2.24) is 0 Å². The van der Waals surface area contributed by atoms with Gasteiger partial charge in [-0.3, -0.25) is 0 Å². The minimum atomic E-state index is -0.777. The minimum absolute atomic E-state index is 0.136. The molecule has 7 N–H and O–H groups in total. The van der Waals surface area contributed by atoms with E-state index in [1.807, 2.05) is 41.5 Å². The summed E-state index contributed by atoms with van der Waals surface area (Å²) in [4.78, 5) is 0. The van der Waals surface area contributed by atoms with Gasteiger partial charge in [0.2, 0.25) is 0 Å². The zero-order valence-corrected chi connectivity index (χ0v) is 35.8. The minimum Gasteiger partial charge on any atom is -0.393 e. The number of hydrogen-bond donors (Lipinski definition) is 4. The standard InChI is InChI=1S/C40H85N3O8/c1-33(2,18-15-22-41)45-25-21-36(7,8)48-29-40(30-49-37(9,10)26-44,31-50-38(11,12)27-46-34(3,4)19-16-23-42)32-51-39(13,14)28-47-35(5,6)20-17-24-43/h44H,15-32,41-43H2,1-14H3. The lowest BCUT2D eigenvalue weighted by Crippen LogP contribution is -2.50. The molecule has 0 saturated heterocycles. The van der Waals surface area contributed by atoms with Crippen LogP contribution < -0.4 is 17.2 Å². The molecular weight excluding hydrogens is 650 g/mol. The first-order valence-electron chi connectivity index (χ1n) is 19.4. The van der Waals surface area contributed by atoms with Gasteiger partial charge < -0.3 is 55.5 Å². The van der Waals surface area contributed by atoms with Crippen LogP contribution in [0.2, 0.25) is 0 Å². The van der Waals surface area contributed by atoms with Crippen molar-refractivity contribution < 1.29 is 38.3 Å². The molecule has 0 radical (unpaired) electrons. The molecule has 0 spiro atoms. The van der Waals surface area contributed by atoms with Crippen LogP contribution in [-0.2, 0) is 33.2 Å². The van der Waals surface area contributed by atoms with Crippen molar-refractivity contribution in [3.8, 4) is 0 Å². The van der Waals surface area contributed by atoms with Crippen molar-refractivity contribution in [2.45, 2.75) is 181 Å². The third kappa shape index (κ3) is 24.6. The van der Waals surface area contributed by atoms with E-state index >= 15 is 0 Å². The van der Waals surface area contributed by atoms with Gasteiger partial charge in [-0.15, -0.1) is 0 Å². The highest BCUT2D eigenvalue weighted by Crippen LogP contribution is 2.32. The fourth-order valence-electron chi connectivity index (χ4n) is 4.96. The summed E-state index contributed by atoms with van der Waals surface area (Å²) in [6.07, 6.45) is 6.00. The van der Waals surface area contributed by atoms with Gasteiger partial charge in [0.05, 0.1) is 97.5 Å². The van der Waals surface area contributed by atoms with Gasteiger partial charge in [-0.1, -0.05) is 0 Å². The van der Waals surface area contributed by atoms with E-state index in [0.717, 1.165) is 38.5 Å². The largest absolute Gasteiger partial charge is 0.393 e. The van der Waals surface area contributed by atoms with E-state index in [-0.39, 0.29) is 49.8 Å². The Kier molecular flexibility index (Phi) is 22.0. The molecule has 0 fully saturated rings. The number of aliphatic hydroxyl groups excluding tert-OH is 1. The molecule has 308 valence electrons. The van der Waals surface area contributed by atoms with E-state index in [9.17, 15) is 5.11 Å². The summed E-state index contributed by atoms with van der Waals surface area (Å²) >= 11 is 0. The van der Waals surface area contributed by atoms with Crippen molar-refractivity contribution in [3.63, 3.8) is 0 Å². The van der Waals surface area contributed by atoms with Gasteiger partial charge in [0.15, 0.2) is 0 Å². The van der Waals surface area contributed by atoms with Crippen LogP contribution in [-0.4, -0.2) is 117 Å². The van der Waals surface area contributed by atoms with Crippen LogP contribution in [0, 0.1) is 5.41 Å². The Bertz CT molecular complexity index is 881. The van der Waals surface area contributed by atoms with Crippen LogP contribution in [0.25, 0.3) is 0 Å². The fourth-order valence-corrected chi connectivity index (χ4v) is 4.96. The predicted molar refractivity (Wildman–Crippen MR) is 209 cm³/mol. The Labute approximate surface area is 314 Å². The van der Waals surface area contributed by atoms with E-state index in [4.69, 9.17) is 50.4 Å². The summed E-state index contributed by atoms with van der Waals surface area (Å²) in [5.41, 5.74) is 13.1. The Morgan fingerprint density at radius 3 is 0.961 bits per heavy atom. The average Bonchev–Trinajstić information content (AvgIpc) is 3.03. The first-order chi connectivity index (χ1) is 23.2. The number of nitrogens with two attached hydrogens (primary N) is 3. The van der Waals surface area contributed by atoms with E-state index < -0.39 is 27.8 Å². The van der Waals surface area contributed by atoms with Crippen LogP contribution in [0.1, 0.15) is 142 Å². The summed E-state index contributed by atoms with van der Waals surface area (Å²) in [6.45, 7) is 32.7. The van der Waals surface area contributed by atoms with Gasteiger partial charge in [0.25, 0.3) is 0 Å². The Morgan fingerprint density at radius 2 is 0.627 bits per heavy atom. The van der Waals surface area contributed by atoms with Crippen LogP contribution in [0.4, 0.5) is 0 Å². The molecule has 0 unspecified atom stereocenters. The van der Waals surface area contributed by atoms with Gasteiger partial charge in [0.1, 0.15) is 0 Å². The summed E-state index contributed by atoms with van der Waals surface area (Å²) < 4.78 is 45.6. The molecule has 0 rings (SSSR count). The van der Waals surface area contributed by atoms with Gasteiger partial charge >= 0.3 is 0 Å². The maximum atomic E-state index is 10.1. The number of rotatable bonds is 32. The number of hydrogen-bond acceptors (Lipinski definition) is 11. The highest BCUT2D eigenvalue weighted by Gasteiger charge is 2.41. The maximum Gasteiger partial charge on any atom is 0.0859 e. The topological polar surface area (TPSA) is 163 Å². The molecule has 0 aliphatic carbocycles. The second kappa shape index (κ2) is 22.2. The smallest absolute Gasteiger partial charge is 0.0859 e. The SMILES string of the molecule is CC(C)(CO)OCC(COC(C)(C)CCOC(C)(C)CCCN)(COC(C)(C)COC(C)(C)CCCN)COC(C)(C)COC(C)(C)CCCN. The molecule has 0 heterocycles. The monoisotopic (exact) mass is 736 g/mol. The van der Waals surface area contributed by atoms with E-state index in [1.165, 1.54) is 0 Å². The van der Waals surface area contributed by atoms with Crippen LogP contribution in [0.3, 0.4) is 0 Å². The Hall–Kier alpha value is -0.440. The zero-order chi connectivity index (χ0) is 39.7. The van der Waals surface area contributed by atoms with Crippen molar-refractivity contribution in [1.29, 1.82) is 0 Å². The molecule has 0 aromatic heterocycles. The normalized spacial score (nSPS) is 14.5. The van der Waals surface area contributed by atoms with E-state index in [1.54, 1.807) is 0 Å². The lowest BCUT2D eigenvalue weighted by atomic mass is 9.90. The molecule has 0 amide bonds. The molecule has 0 atom stereocenters. The van der Waals surface area contributed by atoms with Crippen molar-refractivity contribution in [2.75, 3.05) is 72.5 Å². The third-order valence-corrected chi connectivity index (χ3v) is 9.22. The number of aliphatic hydroxyl groups is 1. The highest BCUT2D eigenvalue weighted by atomic mass is 16.6. The van der Waals surface area contributed by atoms with E-state index in [2.05, 4.69) is 55.4 Å². The summed E-state index contributed by atoms with van der Waals surface area (Å²) in [5.74, 6) is 0. The quantitative estimate of drug-likeness (QED) is 0.0628. The van der Waals surface area contributed by atoms with Crippen LogP contribution >= 0.6 is 0 Å². The molecule has 51 heavy (non-hydrogen) atoms. The highest BCUT2D eigenvalue weighted by molar-refractivity contribution is 4.87. The van der Waals surface area contributed by atoms with E-state index in [0.29, 0.717) is 45.9 Å². The molecule has 11 nitrogen and oxygen atoms in total. The molecule has 0 aliphatic heterocycles. The Balaban J connectivity index is 6.28. The van der Waals surface area contributed by atoms with Gasteiger partial charge in [0, 0.05) is 0 Å². The second-order valence-electron chi connectivity index (χ2n) is 19.0. The summed E-state index contributed by atoms with van der Waals surface area (Å²) in [6, 6.07) is 0. The molecule has 0 bridgehead atoms. The first-order valence-corrected chi connectivity index (χ1v) is 19.4. The third-order valence-electron chi connectivity index (χ3n) is 9.22. The fraction of sp³-hybridized carbons (Fsp3) is 1.00. The molecular formula is C40H85N3O8. The molecule has 0 aromatic carbocycles. The summed E-state index contributed by atoms with van der Waals surface area (Å²) in [7, 11) is 0. The second-order valence-corrected chi connectivity index (χ2v) is 19.0. The lowest BCUT2D eigenvalue weighted by Gasteiger charge is -2.42. The molecule has 11 heteroatoms. The Morgan fingerprint density at radius 1 is 0.353 bits per heavy atom.